The summed E-state index contributed by atoms with van der Waals surface area (Å²) >= 11 is 0. The smallest absolute Gasteiger partial charge is 0.248 e. The first-order chi connectivity index (χ1) is 12.6. The number of primary amides is 1. The third-order valence-corrected chi connectivity index (χ3v) is 4.93. The predicted molar refractivity (Wildman–Crippen MR) is 104 cm³/mol. The first-order valence-corrected chi connectivity index (χ1v) is 8.98. The molecule has 1 saturated heterocycles. The number of fused-ring (bicyclic) bond motifs is 1. The molecule has 134 valence electrons. The summed E-state index contributed by atoms with van der Waals surface area (Å²) in [6.45, 7) is 4.73. The summed E-state index contributed by atoms with van der Waals surface area (Å²) < 4.78 is 2.08. The van der Waals surface area contributed by atoms with Crippen molar-refractivity contribution in [1.82, 2.24) is 9.38 Å². The molecule has 1 fully saturated rings. The lowest BCUT2D eigenvalue weighted by Crippen LogP contribution is -2.20. The highest BCUT2D eigenvalue weighted by Gasteiger charge is 2.17. The normalized spacial score (nSPS) is 14.1. The molecule has 0 saturated carbocycles. The molecule has 1 aliphatic rings. The molecular formula is C20H23N5O. The van der Waals surface area contributed by atoms with Crippen LogP contribution in [0.4, 0.5) is 11.4 Å². The van der Waals surface area contributed by atoms with Gasteiger partial charge in [0.05, 0.1) is 23.6 Å². The number of rotatable bonds is 5. The van der Waals surface area contributed by atoms with E-state index < -0.39 is 5.91 Å². The molecule has 3 heterocycles. The highest BCUT2D eigenvalue weighted by Crippen LogP contribution is 2.30. The SMILES string of the molecule is Cc1cccc2nc(CNc3cc(C(N)=O)ccc3N3CCCC3)cn12. The molecule has 0 unspecified atom stereocenters. The molecule has 1 amide bonds. The second-order valence-electron chi connectivity index (χ2n) is 6.77. The van der Waals surface area contributed by atoms with Gasteiger partial charge in [-0.3, -0.25) is 4.79 Å². The van der Waals surface area contributed by atoms with Crippen LogP contribution in [0, 0.1) is 6.92 Å². The maximum atomic E-state index is 11.6. The topological polar surface area (TPSA) is 75.7 Å². The van der Waals surface area contributed by atoms with Gasteiger partial charge in [0.2, 0.25) is 5.91 Å². The second kappa shape index (κ2) is 6.71. The van der Waals surface area contributed by atoms with Crippen LogP contribution in [0.3, 0.4) is 0 Å². The summed E-state index contributed by atoms with van der Waals surface area (Å²) in [5, 5.41) is 3.46. The van der Waals surface area contributed by atoms with Crippen molar-refractivity contribution in [3.63, 3.8) is 0 Å². The van der Waals surface area contributed by atoms with E-state index in [4.69, 9.17) is 5.73 Å². The number of carbonyl (C=O) groups excluding carboxylic acids is 1. The second-order valence-corrected chi connectivity index (χ2v) is 6.77. The van der Waals surface area contributed by atoms with Gasteiger partial charge >= 0.3 is 0 Å². The Morgan fingerprint density at radius 2 is 2.04 bits per heavy atom. The highest BCUT2D eigenvalue weighted by atomic mass is 16.1. The van der Waals surface area contributed by atoms with Crippen LogP contribution in [-0.2, 0) is 6.54 Å². The number of aromatic nitrogens is 2. The molecule has 26 heavy (non-hydrogen) atoms. The number of pyridine rings is 1. The summed E-state index contributed by atoms with van der Waals surface area (Å²) in [6, 6.07) is 11.7. The third-order valence-electron chi connectivity index (χ3n) is 4.93. The number of hydrogen-bond donors (Lipinski definition) is 2. The Bertz CT molecular complexity index is 956. The number of carbonyl (C=O) groups is 1. The number of imidazole rings is 1. The Labute approximate surface area is 152 Å². The summed E-state index contributed by atoms with van der Waals surface area (Å²) in [4.78, 5) is 18.6. The van der Waals surface area contributed by atoms with E-state index in [1.807, 2.05) is 30.5 Å². The van der Waals surface area contributed by atoms with Crippen LogP contribution in [0.2, 0.25) is 0 Å². The molecule has 0 spiro atoms. The summed E-state index contributed by atoms with van der Waals surface area (Å²) in [7, 11) is 0. The van der Waals surface area contributed by atoms with Gasteiger partial charge in [-0.1, -0.05) is 6.07 Å². The van der Waals surface area contributed by atoms with Crippen LogP contribution in [0.25, 0.3) is 5.65 Å². The molecule has 1 aliphatic heterocycles. The molecule has 4 rings (SSSR count). The molecule has 3 N–H and O–H groups in total. The van der Waals surface area contributed by atoms with E-state index in [1.54, 1.807) is 6.07 Å². The minimum absolute atomic E-state index is 0.413. The zero-order chi connectivity index (χ0) is 18.1. The van der Waals surface area contributed by atoms with Gasteiger partial charge in [-0.2, -0.15) is 0 Å². The van der Waals surface area contributed by atoms with Crippen molar-refractivity contribution in [2.45, 2.75) is 26.3 Å². The molecule has 0 bridgehead atoms. The molecule has 6 nitrogen and oxygen atoms in total. The molecule has 3 aromatic rings. The number of nitrogens with zero attached hydrogens (tertiary/aromatic N) is 3. The van der Waals surface area contributed by atoms with Gasteiger partial charge in [0.25, 0.3) is 0 Å². The zero-order valence-electron chi connectivity index (χ0n) is 14.9. The van der Waals surface area contributed by atoms with Crippen LogP contribution in [0.1, 0.15) is 34.6 Å². The van der Waals surface area contributed by atoms with E-state index in [-0.39, 0.29) is 0 Å². The quantitative estimate of drug-likeness (QED) is 0.742. The molecule has 1 aromatic carbocycles. The lowest BCUT2D eigenvalue weighted by Gasteiger charge is -2.22. The standard InChI is InChI=1S/C20H23N5O/c1-14-5-4-6-19-23-16(13-25(14)19)12-22-17-11-15(20(21)26)7-8-18(17)24-9-2-3-10-24/h4-8,11,13,22H,2-3,9-10,12H2,1H3,(H2,21,26). The van der Waals surface area contributed by atoms with E-state index in [1.165, 1.54) is 12.8 Å². The van der Waals surface area contributed by atoms with Gasteiger partial charge in [-0.05, 0) is 50.1 Å². The Morgan fingerprint density at radius 1 is 1.23 bits per heavy atom. The maximum absolute atomic E-state index is 11.6. The van der Waals surface area contributed by atoms with E-state index in [2.05, 4.69) is 32.6 Å². The average molecular weight is 349 g/mol. The molecular weight excluding hydrogens is 326 g/mol. The monoisotopic (exact) mass is 349 g/mol. The predicted octanol–water partition coefficient (Wildman–Crippen LogP) is 2.95. The first kappa shape index (κ1) is 16.4. The molecule has 0 aliphatic carbocycles. The largest absolute Gasteiger partial charge is 0.378 e. The number of anilines is 2. The van der Waals surface area contributed by atoms with Gasteiger partial charge in [0, 0.05) is 30.5 Å². The fourth-order valence-corrected chi connectivity index (χ4v) is 3.53. The van der Waals surface area contributed by atoms with Crippen LogP contribution >= 0.6 is 0 Å². The van der Waals surface area contributed by atoms with Gasteiger partial charge in [-0.25, -0.2) is 4.98 Å². The maximum Gasteiger partial charge on any atom is 0.248 e. The van der Waals surface area contributed by atoms with E-state index in [9.17, 15) is 4.79 Å². The summed E-state index contributed by atoms with van der Waals surface area (Å²) in [5.41, 5.74) is 11.1. The van der Waals surface area contributed by atoms with Crippen LogP contribution in [0.15, 0.2) is 42.6 Å². The van der Waals surface area contributed by atoms with Crippen LogP contribution in [0.5, 0.6) is 0 Å². The van der Waals surface area contributed by atoms with E-state index in [0.29, 0.717) is 12.1 Å². The van der Waals surface area contributed by atoms with Crippen molar-refractivity contribution in [3.05, 3.63) is 59.5 Å². The summed E-state index contributed by atoms with van der Waals surface area (Å²) in [6.07, 6.45) is 4.44. The van der Waals surface area contributed by atoms with Crippen molar-refractivity contribution >= 4 is 22.9 Å². The van der Waals surface area contributed by atoms with E-state index >= 15 is 0 Å². The lowest BCUT2D eigenvalue weighted by atomic mass is 10.1. The van der Waals surface area contributed by atoms with Crippen molar-refractivity contribution in [1.29, 1.82) is 0 Å². The van der Waals surface area contributed by atoms with Crippen molar-refractivity contribution in [2.24, 2.45) is 5.73 Å². The van der Waals surface area contributed by atoms with Gasteiger partial charge < -0.3 is 20.4 Å². The number of nitrogens with one attached hydrogen (secondary N) is 1. The van der Waals surface area contributed by atoms with Crippen molar-refractivity contribution in [3.8, 4) is 0 Å². The third kappa shape index (κ3) is 3.10. The number of amides is 1. The van der Waals surface area contributed by atoms with Crippen LogP contribution in [-0.4, -0.2) is 28.4 Å². The number of nitrogens with two attached hydrogens (primary N) is 1. The lowest BCUT2D eigenvalue weighted by molar-refractivity contribution is 0.100. The fourth-order valence-electron chi connectivity index (χ4n) is 3.53. The zero-order valence-corrected chi connectivity index (χ0v) is 14.9. The van der Waals surface area contributed by atoms with E-state index in [0.717, 1.165) is 41.5 Å². The summed E-state index contributed by atoms with van der Waals surface area (Å²) in [5.74, 6) is -0.413. The number of aryl methyl sites for hydroxylation is 1. The molecule has 0 atom stereocenters. The highest BCUT2D eigenvalue weighted by molar-refractivity contribution is 5.95. The minimum atomic E-state index is -0.413. The number of hydrogen-bond acceptors (Lipinski definition) is 4. The van der Waals surface area contributed by atoms with Crippen molar-refractivity contribution < 1.29 is 4.79 Å². The Morgan fingerprint density at radius 3 is 2.77 bits per heavy atom. The molecule has 2 aromatic heterocycles. The average Bonchev–Trinajstić information content (AvgIpc) is 3.30. The van der Waals surface area contributed by atoms with Crippen molar-refractivity contribution in [2.75, 3.05) is 23.3 Å². The Hall–Kier alpha value is -3.02. The van der Waals surface area contributed by atoms with Gasteiger partial charge in [0.1, 0.15) is 5.65 Å². The minimum Gasteiger partial charge on any atom is -0.378 e. The van der Waals surface area contributed by atoms with Crippen LogP contribution < -0.4 is 16.0 Å². The fraction of sp³-hybridized carbons (Fsp3) is 0.300. The number of benzene rings is 1. The van der Waals surface area contributed by atoms with Gasteiger partial charge in [-0.15, -0.1) is 0 Å². The Balaban J connectivity index is 1.61. The molecule has 0 radical (unpaired) electrons. The first-order valence-electron chi connectivity index (χ1n) is 8.98. The Kier molecular flexibility index (Phi) is 4.24. The van der Waals surface area contributed by atoms with Gasteiger partial charge in [0.15, 0.2) is 0 Å². The molecule has 6 heteroatoms.